The van der Waals surface area contributed by atoms with Gasteiger partial charge in [0.1, 0.15) is 17.9 Å². The molecule has 27 heavy (non-hydrogen) atoms. The van der Waals surface area contributed by atoms with Crippen molar-refractivity contribution in [2.24, 2.45) is 4.99 Å². The zero-order chi connectivity index (χ0) is 19.4. The normalized spacial score (nSPS) is 11.4. The first-order chi connectivity index (χ1) is 12.3. The number of rotatable bonds is 9. The predicted molar refractivity (Wildman–Crippen MR) is 119 cm³/mol. The first kappa shape index (κ1) is 25.4. The van der Waals surface area contributed by atoms with Crippen LogP contribution >= 0.6 is 24.0 Å². The quantitative estimate of drug-likeness (QED) is 0.180. The number of benzene rings is 1. The highest BCUT2D eigenvalue weighted by Crippen LogP contribution is 2.17. The minimum Gasteiger partial charge on any atom is -0.493 e. The number of carbonyl (C=O) groups is 1. The number of aliphatic imine (C=N–C) groups is 1. The number of nitrogens with zero attached hydrogens (tertiary/aromatic N) is 1. The molecule has 0 unspecified atom stereocenters. The lowest BCUT2D eigenvalue weighted by Gasteiger charge is -2.19. The maximum absolute atomic E-state index is 11.8. The van der Waals surface area contributed by atoms with Crippen molar-refractivity contribution in [2.45, 2.75) is 39.7 Å². The molecule has 0 atom stereocenters. The van der Waals surface area contributed by atoms with Crippen LogP contribution in [0, 0.1) is 0 Å². The van der Waals surface area contributed by atoms with E-state index in [0.29, 0.717) is 25.7 Å². The molecule has 0 amide bonds. The summed E-state index contributed by atoms with van der Waals surface area (Å²) < 4.78 is 16.0. The van der Waals surface area contributed by atoms with Gasteiger partial charge in [0.05, 0.1) is 6.61 Å². The van der Waals surface area contributed by atoms with Gasteiger partial charge in [0, 0.05) is 38.4 Å². The number of ether oxygens (including phenoxy) is 3. The van der Waals surface area contributed by atoms with Crippen LogP contribution in [0.2, 0.25) is 0 Å². The van der Waals surface area contributed by atoms with E-state index >= 15 is 0 Å². The number of methoxy groups -OCH3 is 1. The van der Waals surface area contributed by atoms with E-state index in [-0.39, 0.29) is 36.5 Å². The molecule has 2 N–H and O–H groups in total. The van der Waals surface area contributed by atoms with Crippen LogP contribution in [0.3, 0.4) is 0 Å². The molecule has 1 aromatic carbocycles. The maximum Gasteiger partial charge on any atom is 0.328 e. The molecule has 0 heterocycles. The average Bonchev–Trinajstić information content (AvgIpc) is 2.56. The molecule has 1 rings (SSSR count). The monoisotopic (exact) mass is 493 g/mol. The molecule has 0 aromatic heterocycles. The highest BCUT2D eigenvalue weighted by atomic mass is 127. The lowest BCUT2D eigenvalue weighted by Crippen LogP contribution is -2.32. The van der Waals surface area contributed by atoms with E-state index in [1.807, 2.05) is 52.0 Å². The van der Waals surface area contributed by atoms with Gasteiger partial charge in [-0.05, 0) is 39.8 Å². The molecule has 0 radical (unpaired) electrons. The van der Waals surface area contributed by atoms with Crippen molar-refractivity contribution in [2.75, 3.05) is 38.7 Å². The minimum atomic E-state index is -0.521. The summed E-state index contributed by atoms with van der Waals surface area (Å²) in [5, 5.41) is 6.27. The van der Waals surface area contributed by atoms with Gasteiger partial charge in [-0.3, -0.25) is 4.79 Å². The fourth-order valence-corrected chi connectivity index (χ4v) is 2.02. The Morgan fingerprint density at radius 2 is 1.96 bits per heavy atom. The largest absolute Gasteiger partial charge is 0.493 e. The van der Waals surface area contributed by atoms with Gasteiger partial charge in [-0.15, -0.1) is 24.0 Å². The Hall–Kier alpha value is -1.55. The van der Waals surface area contributed by atoms with Crippen LogP contribution in [0.25, 0.3) is 0 Å². The van der Waals surface area contributed by atoms with Gasteiger partial charge in [0.15, 0.2) is 5.96 Å². The van der Waals surface area contributed by atoms with Crippen molar-refractivity contribution in [1.29, 1.82) is 0 Å². The van der Waals surface area contributed by atoms with Crippen molar-refractivity contribution >= 4 is 41.6 Å². The molecule has 0 bridgehead atoms. The number of carbonyl (C=O) groups excluding carboxylic acids is 1. The third-order valence-corrected chi connectivity index (χ3v) is 2.99. The Labute approximate surface area is 179 Å². The molecule has 0 saturated heterocycles. The fourth-order valence-electron chi connectivity index (χ4n) is 2.02. The maximum atomic E-state index is 11.8. The number of halogens is 1. The van der Waals surface area contributed by atoms with Crippen molar-refractivity contribution in [3.05, 3.63) is 24.3 Å². The first-order valence-corrected chi connectivity index (χ1v) is 8.83. The van der Waals surface area contributed by atoms with E-state index in [1.54, 1.807) is 7.11 Å². The summed E-state index contributed by atoms with van der Waals surface area (Å²) in [7, 11) is 1.67. The summed E-state index contributed by atoms with van der Waals surface area (Å²) in [5.41, 5.74) is 0.297. The number of hydrogen-bond donors (Lipinski definition) is 2. The van der Waals surface area contributed by atoms with Gasteiger partial charge in [-0.25, -0.2) is 4.99 Å². The van der Waals surface area contributed by atoms with E-state index in [9.17, 15) is 4.79 Å². The average molecular weight is 493 g/mol. The molecule has 0 aliphatic heterocycles. The van der Waals surface area contributed by atoms with E-state index < -0.39 is 5.60 Å². The van der Waals surface area contributed by atoms with E-state index in [4.69, 9.17) is 14.2 Å². The second-order valence-corrected chi connectivity index (χ2v) is 6.63. The summed E-state index contributed by atoms with van der Waals surface area (Å²) in [6.45, 7) is 9.32. The van der Waals surface area contributed by atoms with Crippen LogP contribution in [-0.2, 0) is 14.3 Å². The summed E-state index contributed by atoms with van der Waals surface area (Å²) >= 11 is 0. The highest BCUT2D eigenvalue weighted by Gasteiger charge is 2.15. The van der Waals surface area contributed by atoms with Crippen molar-refractivity contribution in [3.63, 3.8) is 0 Å². The zero-order valence-corrected chi connectivity index (χ0v) is 19.2. The number of guanidine groups is 1. The number of anilines is 1. The van der Waals surface area contributed by atoms with Crippen LogP contribution in [-0.4, -0.2) is 50.9 Å². The molecule has 7 nitrogen and oxygen atoms in total. The first-order valence-electron chi connectivity index (χ1n) is 8.83. The number of esters is 1. The van der Waals surface area contributed by atoms with Crippen LogP contribution < -0.4 is 15.4 Å². The Morgan fingerprint density at radius 3 is 2.59 bits per heavy atom. The molecule has 154 valence electrons. The predicted octanol–water partition coefficient (Wildman–Crippen LogP) is 3.44. The molecule has 0 aliphatic carbocycles. The lowest BCUT2D eigenvalue weighted by atomic mass is 10.2. The summed E-state index contributed by atoms with van der Waals surface area (Å²) in [6.07, 6.45) is 0.828. The van der Waals surface area contributed by atoms with E-state index in [2.05, 4.69) is 15.6 Å². The van der Waals surface area contributed by atoms with Crippen molar-refractivity contribution < 1.29 is 19.0 Å². The summed E-state index contributed by atoms with van der Waals surface area (Å²) in [5.74, 6) is 0.897. The van der Waals surface area contributed by atoms with Gasteiger partial charge in [0.2, 0.25) is 0 Å². The van der Waals surface area contributed by atoms with Gasteiger partial charge >= 0.3 is 5.97 Å². The Kier molecular flexibility index (Phi) is 12.8. The summed E-state index contributed by atoms with van der Waals surface area (Å²) in [4.78, 5) is 16.1. The zero-order valence-electron chi connectivity index (χ0n) is 16.8. The third-order valence-electron chi connectivity index (χ3n) is 2.99. The van der Waals surface area contributed by atoms with Crippen LogP contribution in [0.4, 0.5) is 5.69 Å². The smallest absolute Gasteiger partial charge is 0.328 e. The van der Waals surface area contributed by atoms with Gasteiger partial charge in [-0.1, -0.05) is 6.07 Å². The molecular formula is C19H32IN3O4. The fraction of sp³-hybridized carbons (Fsp3) is 0.579. The lowest BCUT2D eigenvalue weighted by molar-refractivity contribution is -0.152. The van der Waals surface area contributed by atoms with Crippen LogP contribution in [0.1, 0.15) is 34.1 Å². The second kappa shape index (κ2) is 13.6. The molecule has 0 fully saturated rings. The third kappa shape index (κ3) is 12.5. The minimum absolute atomic E-state index is 0. The Morgan fingerprint density at radius 1 is 1.22 bits per heavy atom. The second-order valence-electron chi connectivity index (χ2n) is 6.63. The molecule has 0 saturated carbocycles. The van der Waals surface area contributed by atoms with Gasteiger partial charge in [-0.2, -0.15) is 0 Å². The van der Waals surface area contributed by atoms with E-state index in [1.165, 1.54) is 0 Å². The molecule has 8 heteroatoms. The summed E-state index contributed by atoms with van der Waals surface area (Å²) in [6, 6.07) is 7.57. The molecule has 0 spiro atoms. The number of nitrogens with one attached hydrogen (secondary N) is 2. The topological polar surface area (TPSA) is 81.2 Å². The SMILES string of the molecule is CCNC(=NCC(=O)OC(C)(C)C)Nc1cccc(OCCCOC)c1.I. The molecule has 0 aliphatic rings. The Balaban J connectivity index is 0.00000676. The van der Waals surface area contributed by atoms with Crippen LogP contribution in [0.15, 0.2) is 29.3 Å². The molecular weight excluding hydrogens is 461 g/mol. The standard InChI is InChI=1S/C19H31N3O4.HI/c1-6-20-18(21-14-17(23)26-19(2,3)4)22-15-9-7-10-16(13-15)25-12-8-11-24-5;/h7,9-10,13H,6,8,11-12,14H2,1-5H3,(H2,20,21,22);1H. The number of hydrogen-bond acceptors (Lipinski definition) is 5. The van der Waals surface area contributed by atoms with Gasteiger partial charge in [0.25, 0.3) is 0 Å². The van der Waals surface area contributed by atoms with Crippen molar-refractivity contribution in [3.8, 4) is 5.75 Å². The molecule has 1 aromatic rings. The van der Waals surface area contributed by atoms with Gasteiger partial charge < -0.3 is 24.8 Å². The Bertz CT molecular complexity index is 589. The van der Waals surface area contributed by atoms with E-state index in [0.717, 1.165) is 17.9 Å². The highest BCUT2D eigenvalue weighted by molar-refractivity contribution is 14.0. The van der Waals surface area contributed by atoms with Crippen molar-refractivity contribution in [1.82, 2.24) is 5.32 Å². The van der Waals surface area contributed by atoms with Crippen LogP contribution in [0.5, 0.6) is 5.75 Å².